The number of ether oxygens (including phenoxy) is 3. The van der Waals surface area contributed by atoms with Gasteiger partial charge < -0.3 is 30.2 Å². The number of carbonyl (C=O) groups excluding carboxylic acids is 3. The van der Waals surface area contributed by atoms with E-state index in [-0.39, 0.29) is 11.6 Å². The molecular formula is C35H34ClN3O6S. The largest absolute Gasteiger partial charge is 0.496 e. The lowest BCUT2D eigenvalue weighted by Crippen LogP contribution is -2.30. The summed E-state index contributed by atoms with van der Waals surface area (Å²) in [6.45, 7) is 1.93. The molecule has 11 heteroatoms. The van der Waals surface area contributed by atoms with E-state index in [9.17, 15) is 14.4 Å². The molecule has 4 rings (SSSR count). The van der Waals surface area contributed by atoms with Gasteiger partial charge in [0.1, 0.15) is 11.4 Å². The Morgan fingerprint density at radius 3 is 2.09 bits per heavy atom. The third kappa shape index (κ3) is 9.06. The molecule has 1 atom stereocenters. The Balaban J connectivity index is 1.59. The number of amides is 3. The molecule has 9 nitrogen and oxygen atoms in total. The van der Waals surface area contributed by atoms with Crippen molar-refractivity contribution in [2.24, 2.45) is 0 Å². The lowest BCUT2D eigenvalue weighted by molar-refractivity contribution is -0.116. The van der Waals surface area contributed by atoms with Crippen LogP contribution in [-0.2, 0) is 9.59 Å². The minimum Gasteiger partial charge on any atom is -0.496 e. The van der Waals surface area contributed by atoms with Gasteiger partial charge in [-0.25, -0.2) is 0 Å². The highest BCUT2D eigenvalue weighted by atomic mass is 35.5. The number of anilines is 2. The number of hydrogen-bond acceptors (Lipinski definition) is 7. The Hall–Kier alpha value is -4.93. The predicted molar refractivity (Wildman–Crippen MR) is 183 cm³/mol. The minimum absolute atomic E-state index is 0.0373. The minimum atomic E-state index is -0.575. The van der Waals surface area contributed by atoms with E-state index in [1.807, 2.05) is 13.0 Å². The zero-order valence-electron chi connectivity index (χ0n) is 25.8. The van der Waals surface area contributed by atoms with Gasteiger partial charge in [-0.2, -0.15) is 0 Å². The van der Waals surface area contributed by atoms with Crippen molar-refractivity contribution in [3.8, 4) is 17.2 Å². The van der Waals surface area contributed by atoms with Crippen LogP contribution in [0.5, 0.6) is 17.2 Å². The number of thioether (sulfide) groups is 1. The summed E-state index contributed by atoms with van der Waals surface area (Å²) in [6.07, 6.45) is 2.07. The summed E-state index contributed by atoms with van der Waals surface area (Å²) in [7, 11) is 4.49. The molecule has 0 aromatic heterocycles. The molecule has 46 heavy (non-hydrogen) atoms. The Bertz CT molecular complexity index is 1730. The first-order valence-corrected chi connectivity index (χ1v) is 15.5. The molecular weight excluding hydrogens is 626 g/mol. The molecule has 0 saturated carbocycles. The predicted octanol–water partition coefficient (Wildman–Crippen LogP) is 7.28. The number of hydrogen-bond donors (Lipinski definition) is 3. The summed E-state index contributed by atoms with van der Waals surface area (Å²) in [6, 6.07) is 25.9. The van der Waals surface area contributed by atoms with Gasteiger partial charge in [-0.1, -0.05) is 48.9 Å². The van der Waals surface area contributed by atoms with E-state index in [4.69, 9.17) is 25.8 Å². The van der Waals surface area contributed by atoms with Crippen molar-refractivity contribution in [3.63, 3.8) is 0 Å². The quantitative estimate of drug-likeness (QED) is 0.102. The van der Waals surface area contributed by atoms with Crippen LogP contribution in [-0.4, -0.2) is 44.3 Å². The van der Waals surface area contributed by atoms with Crippen molar-refractivity contribution in [3.05, 3.63) is 113 Å². The third-order valence-corrected chi connectivity index (χ3v) is 8.28. The fourth-order valence-corrected chi connectivity index (χ4v) is 5.59. The van der Waals surface area contributed by atoms with Crippen molar-refractivity contribution in [2.45, 2.75) is 23.5 Å². The summed E-state index contributed by atoms with van der Waals surface area (Å²) in [4.78, 5) is 40.7. The van der Waals surface area contributed by atoms with Gasteiger partial charge in [0, 0.05) is 38.5 Å². The van der Waals surface area contributed by atoms with Gasteiger partial charge in [0.25, 0.3) is 11.8 Å². The van der Waals surface area contributed by atoms with Crippen molar-refractivity contribution < 1.29 is 28.6 Å². The first kappa shape index (κ1) is 34.0. The second-order valence-electron chi connectivity index (χ2n) is 9.82. The molecule has 0 aliphatic heterocycles. The number of carbonyl (C=O) groups is 3. The van der Waals surface area contributed by atoms with Gasteiger partial charge in [-0.3, -0.25) is 14.4 Å². The highest BCUT2D eigenvalue weighted by Crippen LogP contribution is 2.36. The molecule has 3 N–H and O–H groups in total. The molecule has 0 heterocycles. The van der Waals surface area contributed by atoms with Crippen molar-refractivity contribution in [1.82, 2.24) is 5.32 Å². The second-order valence-corrected chi connectivity index (χ2v) is 11.5. The average Bonchev–Trinajstić information content (AvgIpc) is 3.07. The molecule has 4 aromatic rings. The Kier molecular flexibility index (Phi) is 12.1. The molecule has 0 saturated heterocycles. The molecule has 0 aliphatic carbocycles. The molecule has 0 radical (unpaired) electrons. The first-order valence-electron chi connectivity index (χ1n) is 14.3. The monoisotopic (exact) mass is 659 g/mol. The van der Waals surface area contributed by atoms with Crippen LogP contribution in [0.2, 0.25) is 5.02 Å². The van der Waals surface area contributed by atoms with Crippen molar-refractivity contribution >= 4 is 58.5 Å². The lowest BCUT2D eigenvalue weighted by atomic mass is 10.1. The van der Waals surface area contributed by atoms with Gasteiger partial charge in [-0.05, 0) is 67.1 Å². The lowest BCUT2D eigenvalue weighted by Gasteiger charge is -2.16. The zero-order valence-corrected chi connectivity index (χ0v) is 27.3. The molecule has 1 unspecified atom stereocenters. The summed E-state index contributed by atoms with van der Waals surface area (Å²) in [5.41, 5.74) is 1.89. The number of benzene rings is 4. The SMILES string of the molecule is CCC(Sc1cccc(NC(=O)/C(=C\c2cc(OC)c(OC)cc2OC)NC(=O)c2ccccc2)c1)C(=O)Nc1cccc(Cl)c1. The Labute approximate surface area is 277 Å². The van der Waals surface area contributed by atoms with Crippen LogP contribution in [0, 0.1) is 0 Å². The summed E-state index contributed by atoms with van der Waals surface area (Å²) in [5, 5.41) is 8.63. The summed E-state index contributed by atoms with van der Waals surface area (Å²) in [5.74, 6) is 0.0465. The van der Waals surface area contributed by atoms with Gasteiger partial charge in [0.15, 0.2) is 11.5 Å². The number of nitrogens with one attached hydrogen (secondary N) is 3. The van der Waals surface area contributed by atoms with E-state index in [0.717, 1.165) is 4.90 Å². The molecule has 0 fully saturated rings. The van der Waals surface area contributed by atoms with Gasteiger partial charge in [-0.15, -0.1) is 11.8 Å². The van der Waals surface area contributed by atoms with Crippen LogP contribution in [0.3, 0.4) is 0 Å². The number of halogens is 1. The molecule has 3 amide bonds. The first-order chi connectivity index (χ1) is 22.2. The normalized spacial score (nSPS) is 11.6. The van der Waals surface area contributed by atoms with E-state index in [1.165, 1.54) is 39.2 Å². The van der Waals surface area contributed by atoms with Crippen LogP contribution in [0.1, 0.15) is 29.3 Å². The zero-order chi connectivity index (χ0) is 33.1. The molecule has 0 aliphatic rings. The molecule has 0 bridgehead atoms. The van der Waals surface area contributed by atoms with Crippen molar-refractivity contribution in [1.29, 1.82) is 0 Å². The summed E-state index contributed by atoms with van der Waals surface area (Å²) < 4.78 is 16.4. The Morgan fingerprint density at radius 1 is 0.783 bits per heavy atom. The fraction of sp³-hybridized carbons (Fsp3) is 0.171. The number of methoxy groups -OCH3 is 3. The topological polar surface area (TPSA) is 115 Å². The van der Waals surface area contributed by atoms with Crippen LogP contribution < -0.4 is 30.2 Å². The van der Waals surface area contributed by atoms with E-state index >= 15 is 0 Å². The molecule has 4 aromatic carbocycles. The van der Waals surface area contributed by atoms with Crippen LogP contribution in [0.25, 0.3) is 6.08 Å². The van der Waals surface area contributed by atoms with Crippen LogP contribution in [0.4, 0.5) is 11.4 Å². The van der Waals surface area contributed by atoms with E-state index in [2.05, 4.69) is 16.0 Å². The molecule has 0 spiro atoms. The Morgan fingerprint density at radius 2 is 1.43 bits per heavy atom. The highest BCUT2D eigenvalue weighted by Gasteiger charge is 2.20. The standard InChI is InChI=1S/C35H34ClN3O6S/c1-5-32(35(42)38-25-14-9-13-24(36)19-25)46-27-16-10-15-26(20-27)37-34(41)28(39-33(40)22-11-7-6-8-12-22)17-23-18-30(44-3)31(45-4)21-29(23)43-2/h6-21,32H,5H2,1-4H3,(H,37,41)(H,38,42)(H,39,40)/b28-17+. The highest BCUT2D eigenvalue weighted by molar-refractivity contribution is 8.00. The maximum atomic E-state index is 13.7. The average molecular weight is 660 g/mol. The van der Waals surface area contributed by atoms with E-state index < -0.39 is 17.1 Å². The maximum absolute atomic E-state index is 13.7. The van der Waals surface area contributed by atoms with Gasteiger partial charge >= 0.3 is 0 Å². The summed E-state index contributed by atoms with van der Waals surface area (Å²) >= 11 is 7.43. The van der Waals surface area contributed by atoms with Crippen LogP contribution >= 0.6 is 23.4 Å². The van der Waals surface area contributed by atoms with Gasteiger partial charge in [0.2, 0.25) is 5.91 Å². The van der Waals surface area contributed by atoms with Crippen LogP contribution in [0.15, 0.2) is 102 Å². The van der Waals surface area contributed by atoms with Crippen molar-refractivity contribution in [2.75, 3.05) is 32.0 Å². The maximum Gasteiger partial charge on any atom is 0.272 e. The second kappa shape index (κ2) is 16.4. The number of rotatable bonds is 13. The fourth-order valence-electron chi connectivity index (χ4n) is 4.38. The van der Waals surface area contributed by atoms with Gasteiger partial charge in [0.05, 0.1) is 26.6 Å². The van der Waals surface area contributed by atoms with E-state index in [1.54, 1.807) is 84.9 Å². The van der Waals surface area contributed by atoms with E-state index in [0.29, 0.717) is 51.2 Å². The smallest absolute Gasteiger partial charge is 0.272 e. The molecule has 238 valence electrons. The third-order valence-electron chi connectivity index (χ3n) is 6.69.